The lowest BCUT2D eigenvalue weighted by molar-refractivity contribution is 0.500. The Morgan fingerprint density at radius 3 is 2.71 bits per heavy atom. The highest BCUT2D eigenvalue weighted by Gasteiger charge is 2.19. The number of anilines is 2. The van der Waals surface area contributed by atoms with E-state index in [4.69, 9.17) is 4.42 Å². The molecule has 0 radical (unpaired) electrons. The highest BCUT2D eigenvalue weighted by Crippen LogP contribution is 2.30. The van der Waals surface area contributed by atoms with Crippen molar-refractivity contribution < 1.29 is 4.42 Å². The molecular formula is C17H23N3O. The van der Waals surface area contributed by atoms with Gasteiger partial charge in [0.25, 0.3) is 0 Å². The number of furan rings is 1. The second-order valence-corrected chi connectivity index (χ2v) is 5.80. The first-order chi connectivity index (χ1) is 10.1. The number of nitrogens with zero attached hydrogens (tertiary/aromatic N) is 2. The van der Waals surface area contributed by atoms with Gasteiger partial charge in [-0.2, -0.15) is 0 Å². The zero-order chi connectivity index (χ0) is 14.8. The molecule has 1 aliphatic rings. The van der Waals surface area contributed by atoms with Crippen LogP contribution < -0.4 is 10.2 Å². The summed E-state index contributed by atoms with van der Waals surface area (Å²) in [5.74, 6) is 3.01. The Bertz CT molecular complexity index is 614. The molecule has 4 heteroatoms. The molecule has 0 aromatic carbocycles. The van der Waals surface area contributed by atoms with E-state index in [1.165, 1.54) is 18.4 Å². The van der Waals surface area contributed by atoms with Gasteiger partial charge in [-0.1, -0.05) is 0 Å². The van der Waals surface area contributed by atoms with Gasteiger partial charge in [-0.25, -0.2) is 4.98 Å². The Morgan fingerprint density at radius 2 is 2.05 bits per heavy atom. The van der Waals surface area contributed by atoms with Crippen LogP contribution in [0.2, 0.25) is 0 Å². The van der Waals surface area contributed by atoms with Crippen LogP contribution in [0.3, 0.4) is 0 Å². The first-order valence-corrected chi connectivity index (χ1v) is 7.68. The summed E-state index contributed by atoms with van der Waals surface area (Å²) in [6.07, 6.45) is 4.38. The lowest BCUT2D eigenvalue weighted by atomic mass is 10.1. The summed E-state index contributed by atoms with van der Waals surface area (Å²) in [6, 6.07) is 6.41. The standard InChI is InChI=1S/C17H23N3O/c1-12-11-15(14(3)21-12)13(2)19-16-7-6-8-18-17(16)20-9-4-5-10-20/h6-8,11,13,19H,4-5,9-10H2,1-3H3. The molecule has 1 unspecified atom stereocenters. The number of hydrogen-bond donors (Lipinski definition) is 1. The second-order valence-electron chi connectivity index (χ2n) is 5.80. The van der Waals surface area contributed by atoms with Crippen LogP contribution >= 0.6 is 0 Å². The SMILES string of the molecule is Cc1cc(C(C)Nc2cccnc2N2CCCC2)c(C)o1. The van der Waals surface area contributed by atoms with E-state index in [1.807, 2.05) is 26.1 Å². The lowest BCUT2D eigenvalue weighted by Crippen LogP contribution is -2.21. The first-order valence-electron chi connectivity index (χ1n) is 7.68. The molecule has 1 fully saturated rings. The van der Waals surface area contributed by atoms with Crippen LogP contribution in [0.4, 0.5) is 11.5 Å². The summed E-state index contributed by atoms with van der Waals surface area (Å²) >= 11 is 0. The van der Waals surface area contributed by atoms with Crippen LogP contribution in [0.25, 0.3) is 0 Å². The molecule has 3 rings (SSSR count). The van der Waals surface area contributed by atoms with Crippen LogP contribution in [0, 0.1) is 13.8 Å². The average Bonchev–Trinajstić information content (AvgIpc) is 3.09. The third-order valence-electron chi connectivity index (χ3n) is 4.11. The van der Waals surface area contributed by atoms with Gasteiger partial charge in [0.15, 0.2) is 5.82 Å². The maximum Gasteiger partial charge on any atom is 0.151 e. The number of rotatable bonds is 4. The molecule has 0 aliphatic carbocycles. The van der Waals surface area contributed by atoms with Gasteiger partial charge in [0, 0.05) is 24.8 Å². The van der Waals surface area contributed by atoms with Crippen LogP contribution in [0.1, 0.15) is 42.9 Å². The van der Waals surface area contributed by atoms with Crippen molar-refractivity contribution in [3.05, 3.63) is 41.5 Å². The van der Waals surface area contributed by atoms with Crippen molar-refractivity contribution in [2.24, 2.45) is 0 Å². The van der Waals surface area contributed by atoms with Gasteiger partial charge in [0.2, 0.25) is 0 Å². The molecule has 1 saturated heterocycles. The number of nitrogens with one attached hydrogen (secondary N) is 1. The quantitative estimate of drug-likeness (QED) is 0.919. The molecular weight excluding hydrogens is 262 g/mol. The molecule has 112 valence electrons. The topological polar surface area (TPSA) is 41.3 Å². The summed E-state index contributed by atoms with van der Waals surface area (Å²) in [5, 5.41) is 3.59. The maximum absolute atomic E-state index is 5.64. The van der Waals surface area contributed by atoms with E-state index < -0.39 is 0 Å². The summed E-state index contributed by atoms with van der Waals surface area (Å²) in [7, 11) is 0. The largest absolute Gasteiger partial charge is 0.466 e. The number of aryl methyl sites for hydroxylation is 2. The Labute approximate surface area is 126 Å². The fourth-order valence-electron chi connectivity index (χ4n) is 3.08. The molecule has 0 saturated carbocycles. The molecule has 21 heavy (non-hydrogen) atoms. The van der Waals surface area contributed by atoms with Gasteiger partial charge in [0.05, 0.1) is 11.7 Å². The monoisotopic (exact) mass is 285 g/mol. The molecule has 2 aromatic rings. The lowest BCUT2D eigenvalue weighted by Gasteiger charge is -2.23. The van der Waals surface area contributed by atoms with Crippen molar-refractivity contribution in [3.63, 3.8) is 0 Å². The van der Waals surface area contributed by atoms with E-state index in [-0.39, 0.29) is 6.04 Å². The van der Waals surface area contributed by atoms with Crippen LogP contribution in [-0.4, -0.2) is 18.1 Å². The summed E-state index contributed by atoms with van der Waals surface area (Å²) in [6.45, 7) is 8.37. The predicted molar refractivity (Wildman–Crippen MR) is 85.9 cm³/mol. The minimum absolute atomic E-state index is 0.202. The van der Waals surface area contributed by atoms with Crippen molar-refractivity contribution in [1.82, 2.24) is 4.98 Å². The van der Waals surface area contributed by atoms with Crippen molar-refractivity contribution in [1.29, 1.82) is 0 Å². The molecule has 3 heterocycles. The van der Waals surface area contributed by atoms with Gasteiger partial charge in [-0.15, -0.1) is 0 Å². The van der Waals surface area contributed by atoms with E-state index in [0.717, 1.165) is 36.1 Å². The number of hydrogen-bond acceptors (Lipinski definition) is 4. The minimum atomic E-state index is 0.202. The molecule has 1 aliphatic heterocycles. The normalized spacial score (nSPS) is 16.2. The molecule has 0 bridgehead atoms. The third-order valence-corrected chi connectivity index (χ3v) is 4.11. The van der Waals surface area contributed by atoms with E-state index >= 15 is 0 Å². The van der Waals surface area contributed by atoms with E-state index in [9.17, 15) is 0 Å². The highest BCUT2D eigenvalue weighted by atomic mass is 16.3. The van der Waals surface area contributed by atoms with E-state index in [1.54, 1.807) is 0 Å². The van der Waals surface area contributed by atoms with Crippen molar-refractivity contribution >= 4 is 11.5 Å². The summed E-state index contributed by atoms with van der Waals surface area (Å²) in [4.78, 5) is 6.94. The van der Waals surface area contributed by atoms with Crippen molar-refractivity contribution in [3.8, 4) is 0 Å². The molecule has 1 atom stereocenters. The van der Waals surface area contributed by atoms with Gasteiger partial charge >= 0.3 is 0 Å². The third kappa shape index (κ3) is 2.89. The summed E-state index contributed by atoms with van der Waals surface area (Å²) in [5.41, 5.74) is 2.31. The fraction of sp³-hybridized carbons (Fsp3) is 0.471. The fourth-order valence-corrected chi connectivity index (χ4v) is 3.08. The Morgan fingerprint density at radius 1 is 1.29 bits per heavy atom. The molecule has 1 N–H and O–H groups in total. The Balaban J connectivity index is 1.82. The highest BCUT2D eigenvalue weighted by molar-refractivity contribution is 5.66. The Hall–Kier alpha value is -1.97. The van der Waals surface area contributed by atoms with Gasteiger partial charge < -0.3 is 14.6 Å². The number of pyridine rings is 1. The minimum Gasteiger partial charge on any atom is -0.466 e. The summed E-state index contributed by atoms with van der Waals surface area (Å²) < 4.78 is 5.64. The molecule has 2 aromatic heterocycles. The number of aromatic nitrogens is 1. The molecule has 0 amide bonds. The van der Waals surface area contributed by atoms with Gasteiger partial charge in [-0.05, 0) is 51.8 Å². The Kier molecular flexibility index (Phi) is 3.86. The van der Waals surface area contributed by atoms with E-state index in [0.29, 0.717) is 0 Å². The maximum atomic E-state index is 5.64. The van der Waals surface area contributed by atoms with Crippen LogP contribution in [0.5, 0.6) is 0 Å². The average molecular weight is 285 g/mol. The predicted octanol–water partition coefficient (Wildman–Crippen LogP) is 4.06. The molecule has 0 spiro atoms. The van der Waals surface area contributed by atoms with Crippen LogP contribution in [-0.2, 0) is 0 Å². The second kappa shape index (κ2) is 5.80. The smallest absolute Gasteiger partial charge is 0.151 e. The molecule has 4 nitrogen and oxygen atoms in total. The van der Waals surface area contributed by atoms with Crippen LogP contribution in [0.15, 0.2) is 28.8 Å². The van der Waals surface area contributed by atoms with Gasteiger partial charge in [0.1, 0.15) is 11.5 Å². The zero-order valence-electron chi connectivity index (χ0n) is 13.0. The zero-order valence-corrected chi connectivity index (χ0v) is 13.0. The van der Waals surface area contributed by atoms with E-state index in [2.05, 4.69) is 34.3 Å². The van der Waals surface area contributed by atoms with Crippen molar-refractivity contribution in [2.75, 3.05) is 23.3 Å². The van der Waals surface area contributed by atoms with Gasteiger partial charge in [-0.3, -0.25) is 0 Å². The van der Waals surface area contributed by atoms with Crippen molar-refractivity contribution in [2.45, 2.75) is 39.7 Å². The first kappa shape index (κ1) is 14.0.